The third kappa shape index (κ3) is 4.77. The molecule has 0 unspecified atom stereocenters. The maximum Gasteiger partial charge on any atom is 0.255 e. The normalized spacial score (nSPS) is 11.2. The number of H-pyrrole nitrogens is 1. The lowest BCUT2D eigenvalue weighted by Crippen LogP contribution is -2.12. The van der Waals surface area contributed by atoms with Gasteiger partial charge in [-0.05, 0) is 68.4 Å². The van der Waals surface area contributed by atoms with Crippen LogP contribution in [-0.4, -0.2) is 27.5 Å². The molecule has 168 valence electrons. The van der Waals surface area contributed by atoms with Gasteiger partial charge in [-0.1, -0.05) is 19.6 Å². The lowest BCUT2D eigenvalue weighted by molar-refractivity contribution is 0.101. The number of ketones is 1. The number of carbonyl (C=O) groups excluding carboxylic acids is 2. The van der Waals surface area contributed by atoms with E-state index in [0.717, 1.165) is 0 Å². The average molecular weight is 443 g/mol. The van der Waals surface area contributed by atoms with E-state index >= 15 is 0 Å². The molecule has 1 aromatic heterocycles. The zero-order chi connectivity index (χ0) is 22.8. The summed E-state index contributed by atoms with van der Waals surface area (Å²) in [5.74, 6) is -0.348. The van der Waals surface area contributed by atoms with Gasteiger partial charge >= 0.3 is 0 Å². The Hall–Kier alpha value is -4.39. The van der Waals surface area contributed by atoms with Gasteiger partial charge in [0.15, 0.2) is 11.7 Å². The van der Waals surface area contributed by atoms with Crippen LogP contribution in [0.5, 0.6) is 5.88 Å². The van der Waals surface area contributed by atoms with Crippen molar-refractivity contribution in [2.75, 3.05) is 11.1 Å². The van der Waals surface area contributed by atoms with Crippen LogP contribution in [0.2, 0.25) is 0 Å². The predicted molar refractivity (Wildman–Crippen MR) is 134 cm³/mol. The molecule has 0 fully saturated rings. The fraction of sp³-hybridized carbons (Fsp3) is 0.115. The highest BCUT2D eigenvalue weighted by atomic mass is 16.3. The molecule has 4 rings (SSSR count). The van der Waals surface area contributed by atoms with E-state index in [2.05, 4.69) is 15.3 Å². The summed E-state index contributed by atoms with van der Waals surface area (Å²) in [6.45, 7) is 3.28. The molecule has 0 radical (unpaired) electrons. The number of nitrogens with zero attached hydrogens (tertiary/aromatic N) is 1. The number of benzene rings is 3. The van der Waals surface area contributed by atoms with E-state index < -0.39 is 0 Å². The van der Waals surface area contributed by atoms with E-state index in [1.165, 1.54) is 6.92 Å². The summed E-state index contributed by atoms with van der Waals surface area (Å²) in [6, 6.07) is 19.0. The summed E-state index contributed by atoms with van der Waals surface area (Å²) in [5.41, 5.74) is 10.4. The van der Waals surface area contributed by atoms with Crippen molar-refractivity contribution >= 4 is 45.4 Å². The molecule has 0 aliphatic carbocycles. The molecule has 0 spiro atoms. The number of carbonyl (C=O) groups is 2. The molecule has 0 aliphatic heterocycles. The third-order valence-corrected chi connectivity index (χ3v) is 5.18. The topological polar surface area (TPSA) is 121 Å². The van der Waals surface area contributed by atoms with Crippen LogP contribution < -0.4 is 11.1 Å². The van der Waals surface area contributed by atoms with Crippen LogP contribution >= 0.6 is 0 Å². The molecule has 0 bridgehead atoms. The zero-order valence-corrected chi connectivity index (χ0v) is 17.6. The molecule has 0 saturated carbocycles. The van der Waals surface area contributed by atoms with E-state index in [4.69, 9.17) is 5.73 Å². The van der Waals surface area contributed by atoms with Crippen LogP contribution in [-0.2, 0) is 0 Å². The van der Waals surface area contributed by atoms with Crippen molar-refractivity contribution in [2.24, 2.45) is 4.99 Å². The highest BCUT2D eigenvalue weighted by Crippen LogP contribution is 2.30. The molecule has 4 aromatic rings. The van der Waals surface area contributed by atoms with Crippen molar-refractivity contribution in [3.8, 4) is 5.88 Å². The van der Waals surface area contributed by atoms with Gasteiger partial charge in [0.2, 0.25) is 0 Å². The smallest absolute Gasteiger partial charge is 0.255 e. The number of rotatable bonds is 5. The van der Waals surface area contributed by atoms with Crippen LogP contribution in [0.4, 0.5) is 17.1 Å². The lowest BCUT2D eigenvalue weighted by atomic mass is 10.0. The molecular weight excluding hydrogens is 416 g/mol. The van der Waals surface area contributed by atoms with Crippen molar-refractivity contribution in [1.82, 2.24) is 4.98 Å². The lowest BCUT2D eigenvalue weighted by Gasteiger charge is -2.08. The monoisotopic (exact) mass is 442 g/mol. The molecule has 1 amide bonds. The zero-order valence-electron chi connectivity index (χ0n) is 17.6. The molecular formula is C26H26N4O3. The molecule has 0 atom stereocenters. The van der Waals surface area contributed by atoms with Gasteiger partial charge in [0.1, 0.15) is 0 Å². The van der Waals surface area contributed by atoms with Gasteiger partial charge in [-0.15, -0.1) is 0 Å². The van der Waals surface area contributed by atoms with Crippen LogP contribution in [0, 0.1) is 0 Å². The fourth-order valence-corrected chi connectivity index (χ4v) is 3.51. The molecule has 0 saturated heterocycles. The Morgan fingerprint density at radius 1 is 0.970 bits per heavy atom. The third-order valence-electron chi connectivity index (χ3n) is 5.18. The maximum atomic E-state index is 12.5. The average Bonchev–Trinajstić information content (AvgIpc) is 3.10. The van der Waals surface area contributed by atoms with E-state index in [0.29, 0.717) is 50.4 Å². The Morgan fingerprint density at radius 2 is 1.64 bits per heavy atom. The number of hydrogen-bond acceptors (Lipinski definition) is 5. The van der Waals surface area contributed by atoms with E-state index in [-0.39, 0.29) is 25.0 Å². The largest absolute Gasteiger partial charge is 0.494 e. The number of nitrogens with two attached hydrogens (primary N) is 1. The molecule has 7 heteroatoms. The van der Waals surface area contributed by atoms with Crippen molar-refractivity contribution < 1.29 is 14.7 Å². The van der Waals surface area contributed by atoms with Crippen LogP contribution in [0.3, 0.4) is 0 Å². The number of aromatic amines is 1. The van der Waals surface area contributed by atoms with Crippen LogP contribution in [0.15, 0.2) is 71.7 Å². The number of nitrogens with one attached hydrogen (secondary N) is 2. The molecule has 33 heavy (non-hydrogen) atoms. The van der Waals surface area contributed by atoms with Gasteiger partial charge < -0.3 is 21.1 Å². The number of aromatic nitrogens is 1. The highest BCUT2D eigenvalue weighted by molar-refractivity contribution is 6.14. The predicted octanol–water partition coefficient (Wildman–Crippen LogP) is 5.69. The second-order valence-corrected chi connectivity index (χ2v) is 7.45. The van der Waals surface area contributed by atoms with Gasteiger partial charge in [-0.3, -0.25) is 14.6 Å². The van der Waals surface area contributed by atoms with E-state index in [1.54, 1.807) is 73.7 Å². The van der Waals surface area contributed by atoms with Crippen molar-refractivity contribution in [2.45, 2.75) is 21.3 Å². The van der Waals surface area contributed by atoms with Gasteiger partial charge in [-0.2, -0.15) is 0 Å². The maximum absolute atomic E-state index is 12.5. The van der Waals surface area contributed by atoms with Crippen LogP contribution in [0.1, 0.15) is 47.6 Å². The second kappa shape index (κ2) is 9.40. The Kier molecular flexibility index (Phi) is 6.63. The van der Waals surface area contributed by atoms with E-state index in [9.17, 15) is 14.7 Å². The first-order valence-electron chi connectivity index (χ1n) is 10.0. The summed E-state index contributed by atoms with van der Waals surface area (Å²) in [6.07, 6.45) is 0. The minimum absolute atomic E-state index is 0. The number of nitrogen functional groups attached to an aromatic ring is 1. The number of fused-ring (bicyclic) bond motifs is 1. The van der Waals surface area contributed by atoms with Gasteiger partial charge in [-0.25, -0.2) is 0 Å². The summed E-state index contributed by atoms with van der Waals surface area (Å²) in [4.78, 5) is 31.7. The Morgan fingerprint density at radius 3 is 2.30 bits per heavy atom. The minimum Gasteiger partial charge on any atom is -0.494 e. The quantitative estimate of drug-likeness (QED) is 0.180. The second-order valence-electron chi connectivity index (χ2n) is 7.45. The molecule has 3 aromatic carbocycles. The summed E-state index contributed by atoms with van der Waals surface area (Å²) in [5, 5.41) is 13.9. The molecule has 0 aliphatic rings. The van der Waals surface area contributed by atoms with Crippen LogP contribution in [0.25, 0.3) is 10.9 Å². The molecule has 7 nitrogen and oxygen atoms in total. The summed E-state index contributed by atoms with van der Waals surface area (Å²) < 4.78 is 0. The Labute approximate surface area is 192 Å². The number of para-hydroxylation sites is 2. The first kappa shape index (κ1) is 23.3. The van der Waals surface area contributed by atoms with Gasteiger partial charge in [0, 0.05) is 22.0 Å². The number of aliphatic imine (C=N–C) groups is 1. The Bertz CT molecular complexity index is 1370. The number of amides is 1. The SMILES string of the molecule is C.CC(=O)c1ccc2[nH]c(O)c(C(C)=Nc3ccc(C(=O)Nc4ccccc4N)cc3)c2c1. The number of Topliss-reactive ketones (excluding diaryl/α,β-unsaturated/α-hetero) is 1. The van der Waals surface area contributed by atoms with Gasteiger partial charge in [0.25, 0.3) is 5.91 Å². The van der Waals surface area contributed by atoms with Crippen molar-refractivity contribution in [3.05, 3.63) is 83.4 Å². The fourth-order valence-electron chi connectivity index (χ4n) is 3.51. The highest BCUT2D eigenvalue weighted by Gasteiger charge is 2.15. The first-order chi connectivity index (χ1) is 15.3. The van der Waals surface area contributed by atoms with Gasteiger partial charge in [0.05, 0.1) is 28.3 Å². The minimum atomic E-state index is -0.277. The standard InChI is InChI=1S/C25H22N4O3.CH4/c1-14(23-19-13-17(15(2)30)9-12-21(19)28-25(23)32)27-18-10-7-16(8-11-18)24(31)29-22-6-4-3-5-20(22)26;/h3-13,28,32H,26H2,1-2H3,(H,29,31);1H4. The summed E-state index contributed by atoms with van der Waals surface area (Å²) >= 11 is 0. The first-order valence-corrected chi connectivity index (χ1v) is 10.0. The molecule has 5 N–H and O–H groups in total. The summed E-state index contributed by atoms with van der Waals surface area (Å²) in [7, 11) is 0. The number of aromatic hydroxyl groups is 1. The van der Waals surface area contributed by atoms with E-state index in [1.807, 2.05) is 0 Å². The number of anilines is 2. The van der Waals surface area contributed by atoms with Crippen molar-refractivity contribution in [1.29, 1.82) is 0 Å². The Balaban J connectivity index is 0.00000306. The van der Waals surface area contributed by atoms with Crippen molar-refractivity contribution in [3.63, 3.8) is 0 Å². The molecule has 1 heterocycles. The number of hydrogen-bond donors (Lipinski definition) is 4.